The number of amides is 2. The van der Waals surface area contributed by atoms with Crippen molar-refractivity contribution in [2.45, 2.75) is 25.6 Å². The summed E-state index contributed by atoms with van der Waals surface area (Å²) in [6, 6.07) is -1.62. The van der Waals surface area contributed by atoms with Gasteiger partial charge in [0.25, 0.3) is 0 Å². The summed E-state index contributed by atoms with van der Waals surface area (Å²) >= 11 is 0. The molecular weight excluding hydrogens is 265 g/mol. The molecule has 0 radical (unpaired) electrons. The molecule has 1 N–H and O–H groups in total. The van der Waals surface area contributed by atoms with Gasteiger partial charge in [0.1, 0.15) is 6.04 Å². The number of rotatable bonds is 2. The van der Waals surface area contributed by atoms with Crippen LogP contribution in [0.2, 0.25) is 0 Å². The molecule has 0 aromatic heterocycles. The Morgan fingerprint density at radius 1 is 1.47 bits per heavy atom. The van der Waals surface area contributed by atoms with Crippen LogP contribution in [0.15, 0.2) is 11.6 Å². The summed E-state index contributed by atoms with van der Waals surface area (Å²) in [6.07, 6.45) is -3.68. The van der Waals surface area contributed by atoms with E-state index in [1.807, 2.05) is 0 Å². The SMILES string of the molecule is CC(C(=O)O)N(C)C(=O)N1CC=C(C(F)(F)F)CC1. The van der Waals surface area contributed by atoms with Crippen LogP contribution in [-0.4, -0.2) is 59.3 Å². The Morgan fingerprint density at radius 3 is 2.42 bits per heavy atom. The van der Waals surface area contributed by atoms with Crippen molar-refractivity contribution in [1.82, 2.24) is 9.80 Å². The molecule has 1 unspecified atom stereocenters. The molecule has 1 rings (SSSR count). The van der Waals surface area contributed by atoms with E-state index in [1.54, 1.807) is 0 Å². The van der Waals surface area contributed by atoms with E-state index in [-0.39, 0.29) is 19.5 Å². The minimum atomic E-state index is -4.37. The predicted molar refractivity (Wildman–Crippen MR) is 60.6 cm³/mol. The van der Waals surface area contributed by atoms with E-state index in [0.717, 1.165) is 11.0 Å². The fourth-order valence-corrected chi connectivity index (χ4v) is 1.65. The monoisotopic (exact) mass is 280 g/mol. The first-order chi connectivity index (χ1) is 8.64. The number of halogens is 3. The molecule has 0 aromatic rings. The Kier molecular flexibility index (Phi) is 4.43. The van der Waals surface area contributed by atoms with E-state index in [1.165, 1.54) is 18.9 Å². The van der Waals surface area contributed by atoms with Crippen molar-refractivity contribution >= 4 is 12.0 Å². The highest BCUT2D eigenvalue weighted by molar-refractivity contribution is 5.82. The summed E-state index contributed by atoms with van der Waals surface area (Å²) in [6.45, 7) is 1.10. The maximum absolute atomic E-state index is 12.4. The van der Waals surface area contributed by atoms with Crippen LogP contribution >= 0.6 is 0 Å². The molecule has 0 bridgehead atoms. The van der Waals surface area contributed by atoms with Gasteiger partial charge in [0.2, 0.25) is 0 Å². The fraction of sp³-hybridized carbons (Fsp3) is 0.636. The highest BCUT2D eigenvalue weighted by Gasteiger charge is 2.36. The van der Waals surface area contributed by atoms with E-state index in [9.17, 15) is 22.8 Å². The molecule has 1 aliphatic heterocycles. The second-order valence-corrected chi connectivity index (χ2v) is 4.33. The quantitative estimate of drug-likeness (QED) is 0.783. The molecule has 1 aliphatic rings. The molecule has 1 heterocycles. The number of nitrogens with zero attached hydrogens (tertiary/aromatic N) is 2. The standard InChI is InChI=1S/C11H15F3N2O3/c1-7(9(17)18)15(2)10(19)16-5-3-8(4-6-16)11(12,13)14/h3,7H,4-6H2,1-2H3,(H,17,18). The third-order valence-corrected chi connectivity index (χ3v) is 3.08. The van der Waals surface area contributed by atoms with Crippen LogP contribution in [0.5, 0.6) is 0 Å². The number of hydrogen-bond acceptors (Lipinski definition) is 2. The van der Waals surface area contributed by atoms with Gasteiger partial charge in [-0.25, -0.2) is 9.59 Å². The number of carboxylic acids is 1. The smallest absolute Gasteiger partial charge is 0.412 e. The lowest BCUT2D eigenvalue weighted by Gasteiger charge is -2.32. The molecule has 0 aromatic carbocycles. The Bertz CT molecular complexity index is 406. The molecular formula is C11H15F3N2O3. The molecule has 0 aliphatic carbocycles. The second-order valence-electron chi connectivity index (χ2n) is 4.33. The van der Waals surface area contributed by atoms with Crippen LogP contribution < -0.4 is 0 Å². The molecule has 0 fully saturated rings. The summed E-state index contributed by atoms with van der Waals surface area (Å²) in [5, 5.41) is 8.78. The van der Waals surface area contributed by atoms with Gasteiger partial charge in [-0.3, -0.25) is 0 Å². The first-order valence-electron chi connectivity index (χ1n) is 5.65. The van der Waals surface area contributed by atoms with Gasteiger partial charge >= 0.3 is 18.2 Å². The summed E-state index contributed by atoms with van der Waals surface area (Å²) < 4.78 is 37.2. The molecule has 0 spiro atoms. The number of carboxylic acid groups (broad SMARTS) is 1. The minimum Gasteiger partial charge on any atom is -0.480 e. The number of carbonyl (C=O) groups excluding carboxylic acids is 1. The third-order valence-electron chi connectivity index (χ3n) is 3.08. The lowest BCUT2D eigenvalue weighted by atomic mass is 10.1. The van der Waals surface area contributed by atoms with Crippen LogP contribution in [0.1, 0.15) is 13.3 Å². The van der Waals surface area contributed by atoms with Gasteiger partial charge in [0, 0.05) is 25.7 Å². The molecule has 0 saturated carbocycles. The van der Waals surface area contributed by atoms with Gasteiger partial charge in [-0.2, -0.15) is 13.2 Å². The first-order valence-corrected chi connectivity index (χ1v) is 5.65. The Morgan fingerprint density at radius 2 is 2.05 bits per heavy atom. The molecule has 1 atom stereocenters. The topological polar surface area (TPSA) is 60.9 Å². The van der Waals surface area contributed by atoms with Gasteiger partial charge in [0.15, 0.2) is 0 Å². The molecule has 2 amide bonds. The van der Waals surface area contributed by atoms with Crippen LogP contribution in [-0.2, 0) is 4.79 Å². The van der Waals surface area contributed by atoms with Crippen molar-refractivity contribution < 1.29 is 27.9 Å². The zero-order valence-corrected chi connectivity index (χ0v) is 10.6. The molecule has 0 saturated heterocycles. The number of urea groups is 1. The maximum Gasteiger partial charge on any atom is 0.412 e. The summed E-state index contributed by atoms with van der Waals surface area (Å²) in [5.74, 6) is -1.17. The van der Waals surface area contributed by atoms with Gasteiger partial charge in [-0.1, -0.05) is 6.08 Å². The van der Waals surface area contributed by atoms with Gasteiger partial charge in [-0.05, 0) is 13.3 Å². The number of hydrogen-bond donors (Lipinski definition) is 1. The van der Waals surface area contributed by atoms with Crippen molar-refractivity contribution in [1.29, 1.82) is 0 Å². The lowest BCUT2D eigenvalue weighted by molar-refractivity contribution is -0.141. The Labute approximate surface area is 108 Å². The lowest BCUT2D eigenvalue weighted by Crippen LogP contribution is -2.49. The van der Waals surface area contributed by atoms with Crippen LogP contribution in [0.25, 0.3) is 0 Å². The van der Waals surface area contributed by atoms with Crippen molar-refractivity contribution in [3.63, 3.8) is 0 Å². The van der Waals surface area contributed by atoms with E-state index in [0.29, 0.717) is 0 Å². The van der Waals surface area contributed by atoms with Crippen molar-refractivity contribution in [2.24, 2.45) is 0 Å². The highest BCUT2D eigenvalue weighted by Crippen LogP contribution is 2.30. The number of aliphatic carboxylic acids is 1. The highest BCUT2D eigenvalue weighted by atomic mass is 19.4. The third kappa shape index (κ3) is 3.62. The fourth-order valence-electron chi connectivity index (χ4n) is 1.65. The van der Waals surface area contributed by atoms with Crippen molar-refractivity contribution in [3.05, 3.63) is 11.6 Å². The summed E-state index contributed by atoms with van der Waals surface area (Å²) in [7, 11) is 1.31. The molecule has 19 heavy (non-hydrogen) atoms. The zero-order chi connectivity index (χ0) is 14.8. The average molecular weight is 280 g/mol. The summed E-state index contributed by atoms with van der Waals surface area (Å²) in [5.41, 5.74) is -0.648. The minimum absolute atomic E-state index is 0.0686. The average Bonchev–Trinajstić information content (AvgIpc) is 2.35. The van der Waals surface area contributed by atoms with E-state index in [4.69, 9.17) is 5.11 Å². The van der Waals surface area contributed by atoms with Gasteiger partial charge in [0.05, 0.1) is 0 Å². The van der Waals surface area contributed by atoms with E-state index < -0.39 is 29.8 Å². The maximum atomic E-state index is 12.4. The van der Waals surface area contributed by atoms with E-state index in [2.05, 4.69) is 0 Å². The molecule has 108 valence electrons. The van der Waals surface area contributed by atoms with Gasteiger partial charge in [-0.15, -0.1) is 0 Å². The van der Waals surface area contributed by atoms with Crippen LogP contribution in [0.4, 0.5) is 18.0 Å². The number of alkyl halides is 3. The van der Waals surface area contributed by atoms with E-state index >= 15 is 0 Å². The normalized spacial score (nSPS) is 17.7. The number of carbonyl (C=O) groups is 2. The van der Waals surface area contributed by atoms with Gasteiger partial charge < -0.3 is 14.9 Å². The zero-order valence-electron chi connectivity index (χ0n) is 10.6. The summed E-state index contributed by atoms with van der Waals surface area (Å²) in [4.78, 5) is 24.8. The van der Waals surface area contributed by atoms with Crippen molar-refractivity contribution in [2.75, 3.05) is 20.1 Å². The predicted octanol–water partition coefficient (Wildman–Crippen LogP) is 1.71. The first kappa shape index (κ1) is 15.3. The number of likely N-dealkylation sites (N-methyl/N-ethyl adjacent to an activating group) is 1. The Balaban J connectivity index is 2.68. The van der Waals surface area contributed by atoms with Crippen LogP contribution in [0.3, 0.4) is 0 Å². The Hall–Kier alpha value is -1.73. The van der Waals surface area contributed by atoms with Crippen LogP contribution in [0, 0.1) is 0 Å². The van der Waals surface area contributed by atoms with Crippen molar-refractivity contribution in [3.8, 4) is 0 Å². The largest absolute Gasteiger partial charge is 0.480 e. The molecule has 8 heteroatoms. The molecule has 5 nitrogen and oxygen atoms in total. The second kappa shape index (κ2) is 5.50.